The van der Waals surface area contributed by atoms with Crippen LogP contribution in [0.1, 0.15) is 37.3 Å². The molecule has 1 aliphatic heterocycles. The molecule has 1 aliphatic rings. The van der Waals surface area contributed by atoms with Crippen molar-refractivity contribution in [2.75, 3.05) is 20.2 Å². The number of nitrogens with zero attached hydrogens (tertiary/aromatic N) is 1. The van der Waals surface area contributed by atoms with E-state index in [1.807, 2.05) is 13.2 Å². The fraction of sp³-hybridized carbons (Fsp3) is 0.769. The lowest BCUT2D eigenvalue weighted by molar-refractivity contribution is 0.0130. The van der Waals surface area contributed by atoms with Crippen LogP contribution in [0.15, 0.2) is 10.6 Å². The van der Waals surface area contributed by atoms with E-state index in [2.05, 4.69) is 10.3 Å². The Hall–Kier alpha value is -0.870. The minimum Gasteiger partial charge on any atom is -0.446 e. The van der Waals surface area contributed by atoms with Gasteiger partial charge in [-0.15, -0.1) is 0 Å². The van der Waals surface area contributed by atoms with Crippen LogP contribution in [-0.4, -0.2) is 31.3 Å². The van der Waals surface area contributed by atoms with Crippen LogP contribution in [0.2, 0.25) is 0 Å². The zero-order valence-electron chi connectivity index (χ0n) is 10.6. The average molecular weight is 238 g/mol. The molecular formula is C13H22N2O2. The second-order valence-electron chi connectivity index (χ2n) is 4.62. The van der Waals surface area contributed by atoms with Crippen LogP contribution in [0, 0.1) is 0 Å². The molecule has 4 nitrogen and oxygen atoms in total. The number of ether oxygens (including phenoxy) is 1. The molecule has 0 aromatic carbocycles. The number of nitrogens with one attached hydrogen (secondary N) is 1. The molecule has 0 spiro atoms. The van der Waals surface area contributed by atoms with Crippen LogP contribution in [-0.2, 0) is 17.6 Å². The summed E-state index contributed by atoms with van der Waals surface area (Å²) in [4.78, 5) is 4.32. The summed E-state index contributed by atoms with van der Waals surface area (Å²) in [7, 11) is 1.96. The first-order valence-corrected chi connectivity index (χ1v) is 6.58. The third-order valence-electron chi connectivity index (χ3n) is 3.13. The van der Waals surface area contributed by atoms with Crippen LogP contribution < -0.4 is 5.32 Å². The second-order valence-corrected chi connectivity index (χ2v) is 4.62. The van der Waals surface area contributed by atoms with Gasteiger partial charge >= 0.3 is 0 Å². The van der Waals surface area contributed by atoms with Crippen molar-refractivity contribution in [3.05, 3.63) is 17.8 Å². The van der Waals surface area contributed by atoms with E-state index in [0.29, 0.717) is 6.10 Å². The first kappa shape index (κ1) is 12.6. The highest BCUT2D eigenvalue weighted by atomic mass is 16.5. The Morgan fingerprint density at radius 3 is 3.18 bits per heavy atom. The van der Waals surface area contributed by atoms with E-state index in [-0.39, 0.29) is 0 Å². The van der Waals surface area contributed by atoms with Crippen molar-refractivity contribution in [3.8, 4) is 0 Å². The smallest absolute Gasteiger partial charge is 0.196 e. The fourth-order valence-electron chi connectivity index (χ4n) is 2.16. The summed E-state index contributed by atoms with van der Waals surface area (Å²) >= 11 is 0. The molecule has 0 amide bonds. The van der Waals surface area contributed by atoms with Gasteiger partial charge in [0, 0.05) is 13.0 Å². The van der Waals surface area contributed by atoms with Crippen molar-refractivity contribution in [2.45, 2.75) is 44.6 Å². The predicted molar refractivity (Wildman–Crippen MR) is 66.0 cm³/mol. The Morgan fingerprint density at radius 2 is 2.41 bits per heavy atom. The molecule has 96 valence electrons. The lowest BCUT2D eigenvalue weighted by Crippen LogP contribution is -2.21. The number of rotatable bonds is 6. The van der Waals surface area contributed by atoms with Crippen molar-refractivity contribution in [1.82, 2.24) is 10.3 Å². The van der Waals surface area contributed by atoms with Gasteiger partial charge in [0.2, 0.25) is 0 Å². The standard InChI is InChI=1S/C13H22N2O2/c1-14-7-4-6-12-10-15-13(17-12)9-11-5-2-3-8-16-11/h10-11,14H,2-9H2,1H3. The summed E-state index contributed by atoms with van der Waals surface area (Å²) in [6.45, 7) is 1.90. The highest BCUT2D eigenvalue weighted by Gasteiger charge is 2.17. The molecule has 0 saturated carbocycles. The maximum absolute atomic E-state index is 5.71. The quantitative estimate of drug-likeness (QED) is 0.769. The van der Waals surface area contributed by atoms with Crippen molar-refractivity contribution in [3.63, 3.8) is 0 Å². The molecule has 4 heteroatoms. The van der Waals surface area contributed by atoms with Gasteiger partial charge in [-0.05, 0) is 39.3 Å². The molecule has 1 atom stereocenters. The van der Waals surface area contributed by atoms with E-state index in [1.165, 1.54) is 12.8 Å². The molecular weight excluding hydrogens is 216 g/mol. The number of hydrogen-bond donors (Lipinski definition) is 1. The van der Waals surface area contributed by atoms with Gasteiger partial charge in [0.05, 0.1) is 18.7 Å². The summed E-state index contributed by atoms with van der Waals surface area (Å²) in [5.74, 6) is 1.82. The van der Waals surface area contributed by atoms with Crippen LogP contribution in [0.25, 0.3) is 0 Å². The summed E-state index contributed by atoms with van der Waals surface area (Å²) in [5.41, 5.74) is 0. The molecule has 0 aliphatic carbocycles. The van der Waals surface area contributed by atoms with E-state index < -0.39 is 0 Å². The van der Waals surface area contributed by atoms with Gasteiger partial charge in [-0.2, -0.15) is 0 Å². The van der Waals surface area contributed by atoms with Crippen LogP contribution in [0.4, 0.5) is 0 Å². The molecule has 2 rings (SSSR count). The Morgan fingerprint density at radius 1 is 1.47 bits per heavy atom. The minimum atomic E-state index is 0.313. The van der Waals surface area contributed by atoms with E-state index in [0.717, 1.165) is 50.5 Å². The molecule has 2 heterocycles. The minimum absolute atomic E-state index is 0.313. The normalized spacial score (nSPS) is 20.6. The van der Waals surface area contributed by atoms with E-state index in [4.69, 9.17) is 9.15 Å². The van der Waals surface area contributed by atoms with Gasteiger partial charge in [-0.3, -0.25) is 0 Å². The molecule has 1 unspecified atom stereocenters. The predicted octanol–water partition coefficient (Wildman–Crippen LogP) is 1.94. The SMILES string of the molecule is CNCCCc1cnc(CC2CCCCO2)o1. The molecule has 1 N–H and O–H groups in total. The maximum Gasteiger partial charge on any atom is 0.196 e. The van der Waals surface area contributed by atoms with Gasteiger partial charge < -0.3 is 14.5 Å². The summed E-state index contributed by atoms with van der Waals surface area (Å²) in [6, 6.07) is 0. The molecule has 1 fully saturated rings. The Bertz CT molecular complexity index is 319. The first-order chi connectivity index (χ1) is 8.38. The van der Waals surface area contributed by atoms with E-state index in [9.17, 15) is 0 Å². The molecule has 1 aromatic rings. The molecule has 0 radical (unpaired) electrons. The zero-order chi connectivity index (χ0) is 11.9. The molecule has 1 aromatic heterocycles. The van der Waals surface area contributed by atoms with Crippen LogP contribution in [0.5, 0.6) is 0 Å². The molecule has 1 saturated heterocycles. The summed E-state index contributed by atoms with van der Waals surface area (Å²) in [6.07, 6.45) is 8.63. The van der Waals surface area contributed by atoms with Crippen molar-refractivity contribution >= 4 is 0 Å². The monoisotopic (exact) mass is 238 g/mol. The number of oxazole rings is 1. The highest BCUT2D eigenvalue weighted by Crippen LogP contribution is 2.17. The van der Waals surface area contributed by atoms with Gasteiger partial charge in [-0.1, -0.05) is 0 Å². The van der Waals surface area contributed by atoms with Crippen LogP contribution in [0.3, 0.4) is 0 Å². The fourth-order valence-corrected chi connectivity index (χ4v) is 2.16. The summed E-state index contributed by atoms with van der Waals surface area (Å²) in [5, 5.41) is 3.13. The Kier molecular flexibility index (Phi) is 5.01. The van der Waals surface area contributed by atoms with Crippen molar-refractivity contribution in [1.29, 1.82) is 0 Å². The molecule has 17 heavy (non-hydrogen) atoms. The van der Waals surface area contributed by atoms with Crippen LogP contribution >= 0.6 is 0 Å². The lowest BCUT2D eigenvalue weighted by atomic mass is 10.1. The average Bonchev–Trinajstić information content (AvgIpc) is 2.79. The van der Waals surface area contributed by atoms with Crippen molar-refractivity contribution < 1.29 is 9.15 Å². The lowest BCUT2D eigenvalue weighted by Gasteiger charge is -2.20. The highest BCUT2D eigenvalue weighted by molar-refractivity contribution is 4.95. The zero-order valence-corrected chi connectivity index (χ0v) is 10.6. The van der Waals surface area contributed by atoms with Gasteiger partial charge in [0.25, 0.3) is 0 Å². The number of aromatic nitrogens is 1. The third-order valence-corrected chi connectivity index (χ3v) is 3.13. The van der Waals surface area contributed by atoms with Crippen molar-refractivity contribution in [2.24, 2.45) is 0 Å². The second kappa shape index (κ2) is 6.77. The molecule has 0 bridgehead atoms. The van der Waals surface area contributed by atoms with Gasteiger partial charge in [0.1, 0.15) is 5.76 Å². The number of hydrogen-bond acceptors (Lipinski definition) is 4. The maximum atomic E-state index is 5.71. The largest absolute Gasteiger partial charge is 0.446 e. The van der Waals surface area contributed by atoms with E-state index >= 15 is 0 Å². The van der Waals surface area contributed by atoms with E-state index in [1.54, 1.807) is 0 Å². The first-order valence-electron chi connectivity index (χ1n) is 6.58. The van der Waals surface area contributed by atoms with Gasteiger partial charge in [-0.25, -0.2) is 4.98 Å². The summed E-state index contributed by atoms with van der Waals surface area (Å²) < 4.78 is 11.4. The number of aryl methyl sites for hydroxylation is 1. The van der Waals surface area contributed by atoms with Gasteiger partial charge in [0.15, 0.2) is 5.89 Å². The topological polar surface area (TPSA) is 47.3 Å². The Labute approximate surface area is 103 Å². The third kappa shape index (κ3) is 4.13. The Balaban J connectivity index is 1.76.